The number of oxime groups is 1. The Balaban J connectivity index is 2.63. The van der Waals surface area contributed by atoms with Crippen molar-refractivity contribution >= 4 is 17.4 Å². The lowest BCUT2D eigenvalue weighted by Gasteiger charge is -2.27. The maximum atomic E-state index is 12.3. The summed E-state index contributed by atoms with van der Waals surface area (Å²) in [4.78, 5) is 30.8. The fourth-order valence-electron chi connectivity index (χ4n) is 2.07. The zero-order valence-electron chi connectivity index (χ0n) is 13.2. The van der Waals surface area contributed by atoms with Crippen LogP contribution in [0, 0.1) is 17.8 Å². The van der Waals surface area contributed by atoms with Gasteiger partial charge >= 0.3 is 0 Å². The zero-order chi connectivity index (χ0) is 15.3. The first-order valence-electron chi connectivity index (χ1n) is 7.30. The molecule has 1 amide bonds. The molecule has 5 nitrogen and oxygen atoms in total. The summed E-state index contributed by atoms with van der Waals surface area (Å²) in [5.41, 5.74) is 0.918. The van der Waals surface area contributed by atoms with Crippen LogP contribution in [0.2, 0.25) is 0 Å². The van der Waals surface area contributed by atoms with Gasteiger partial charge in [0, 0.05) is 31.3 Å². The molecule has 0 spiro atoms. The van der Waals surface area contributed by atoms with E-state index in [0.29, 0.717) is 26.1 Å². The molecular weight excluding hydrogens is 256 g/mol. The number of rotatable bonds is 7. The Kier molecular flexibility index (Phi) is 6.17. The molecule has 1 aliphatic rings. The predicted octanol–water partition coefficient (Wildman–Crippen LogP) is 2.11. The molecule has 0 aromatic rings. The van der Waals surface area contributed by atoms with Gasteiger partial charge in [-0.15, -0.1) is 0 Å². The molecule has 0 aromatic heterocycles. The highest BCUT2D eigenvalue weighted by molar-refractivity contribution is 5.86. The second-order valence-electron chi connectivity index (χ2n) is 6.04. The van der Waals surface area contributed by atoms with E-state index in [1.54, 1.807) is 4.90 Å². The van der Waals surface area contributed by atoms with Gasteiger partial charge in [-0.05, 0) is 6.92 Å². The van der Waals surface area contributed by atoms with E-state index in [9.17, 15) is 9.59 Å². The lowest BCUT2D eigenvalue weighted by atomic mass is 10.0. The molecule has 1 aliphatic heterocycles. The lowest BCUT2D eigenvalue weighted by Crippen LogP contribution is -2.41. The van der Waals surface area contributed by atoms with Crippen molar-refractivity contribution in [2.75, 3.05) is 19.7 Å². The molecule has 20 heavy (non-hydrogen) atoms. The van der Waals surface area contributed by atoms with Crippen LogP contribution in [-0.4, -0.2) is 42.0 Å². The van der Waals surface area contributed by atoms with E-state index in [1.807, 2.05) is 34.6 Å². The number of amides is 1. The monoisotopic (exact) mass is 282 g/mol. The number of nitrogens with zero attached hydrogens (tertiary/aromatic N) is 2. The van der Waals surface area contributed by atoms with Crippen LogP contribution in [0.1, 0.15) is 41.0 Å². The van der Waals surface area contributed by atoms with E-state index < -0.39 is 0 Å². The number of ketones is 1. The van der Waals surface area contributed by atoms with Crippen molar-refractivity contribution in [3.63, 3.8) is 0 Å². The Bertz CT molecular complexity index is 389. The predicted molar refractivity (Wildman–Crippen MR) is 78.4 cm³/mol. The van der Waals surface area contributed by atoms with Gasteiger partial charge in [-0.25, -0.2) is 0 Å². The van der Waals surface area contributed by atoms with Crippen molar-refractivity contribution in [2.24, 2.45) is 22.9 Å². The Morgan fingerprint density at radius 3 is 2.40 bits per heavy atom. The van der Waals surface area contributed by atoms with Gasteiger partial charge in [-0.2, -0.15) is 0 Å². The molecule has 0 radical (unpaired) electrons. The van der Waals surface area contributed by atoms with Crippen LogP contribution in [0.3, 0.4) is 0 Å². The van der Waals surface area contributed by atoms with E-state index in [0.717, 1.165) is 5.71 Å². The number of hydrogen-bond acceptors (Lipinski definition) is 4. The third-order valence-electron chi connectivity index (χ3n) is 3.59. The molecule has 0 aliphatic carbocycles. The maximum Gasteiger partial charge on any atom is 0.225 e. The molecule has 1 rings (SSSR count). The molecule has 0 bridgehead atoms. The average Bonchev–Trinajstić information content (AvgIpc) is 2.78. The third kappa shape index (κ3) is 4.62. The smallest absolute Gasteiger partial charge is 0.225 e. The molecule has 1 atom stereocenters. The Labute approximate surface area is 121 Å². The van der Waals surface area contributed by atoms with Gasteiger partial charge in [-0.1, -0.05) is 32.9 Å². The van der Waals surface area contributed by atoms with Crippen molar-refractivity contribution in [3.8, 4) is 0 Å². The van der Waals surface area contributed by atoms with Gasteiger partial charge in [0.2, 0.25) is 5.91 Å². The summed E-state index contributed by atoms with van der Waals surface area (Å²) in [7, 11) is 0. The van der Waals surface area contributed by atoms with E-state index >= 15 is 0 Å². The normalized spacial score (nSPS) is 18.1. The van der Waals surface area contributed by atoms with Gasteiger partial charge in [0.05, 0.1) is 11.6 Å². The van der Waals surface area contributed by atoms with Crippen LogP contribution in [0.4, 0.5) is 0 Å². The van der Waals surface area contributed by atoms with Crippen LogP contribution < -0.4 is 0 Å². The number of carbonyl (C=O) groups is 2. The summed E-state index contributed by atoms with van der Waals surface area (Å²) in [6, 6.07) is 0. The largest absolute Gasteiger partial charge is 0.395 e. The Hall–Kier alpha value is -1.39. The van der Waals surface area contributed by atoms with Crippen LogP contribution in [0.25, 0.3) is 0 Å². The molecule has 0 N–H and O–H groups in total. The Morgan fingerprint density at radius 1 is 1.30 bits per heavy atom. The molecule has 0 saturated carbocycles. The molecule has 0 fully saturated rings. The van der Waals surface area contributed by atoms with Crippen molar-refractivity contribution < 1.29 is 14.4 Å². The maximum absolute atomic E-state index is 12.3. The van der Waals surface area contributed by atoms with Crippen molar-refractivity contribution in [1.29, 1.82) is 0 Å². The van der Waals surface area contributed by atoms with E-state index in [1.165, 1.54) is 0 Å². The standard InChI is InChI=1S/C15H26N2O3/c1-10(2)14(18)6-7-17(15(19)11(3)4)8-13-9-20-16-12(13)5/h10-11,13H,6-9H2,1-5H3. The number of Topliss-reactive ketones (excluding diaryl/α,β-unsaturated/α-hetero) is 1. The zero-order valence-corrected chi connectivity index (χ0v) is 13.2. The average molecular weight is 282 g/mol. The van der Waals surface area contributed by atoms with Crippen LogP contribution in [0.5, 0.6) is 0 Å². The quantitative estimate of drug-likeness (QED) is 0.718. The fraction of sp³-hybridized carbons (Fsp3) is 0.800. The van der Waals surface area contributed by atoms with Crippen molar-refractivity contribution in [3.05, 3.63) is 0 Å². The van der Waals surface area contributed by atoms with Crippen molar-refractivity contribution in [2.45, 2.75) is 41.0 Å². The summed E-state index contributed by atoms with van der Waals surface area (Å²) < 4.78 is 0. The first-order valence-corrected chi connectivity index (χ1v) is 7.30. The van der Waals surface area contributed by atoms with E-state index in [2.05, 4.69) is 5.16 Å². The highest BCUT2D eigenvalue weighted by Crippen LogP contribution is 2.14. The van der Waals surface area contributed by atoms with Crippen molar-refractivity contribution in [1.82, 2.24) is 4.90 Å². The summed E-state index contributed by atoms with van der Waals surface area (Å²) >= 11 is 0. The molecular formula is C15H26N2O3. The minimum atomic E-state index is -0.0660. The molecule has 1 heterocycles. The first kappa shape index (κ1) is 16.7. The molecule has 0 aromatic carbocycles. The van der Waals surface area contributed by atoms with Crippen LogP contribution in [-0.2, 0) is 14.4 Å². The van der Waals surface area contributed by atoms with Gasteiger partial charge in [-0.3, -0.25) is 9.59 Å². The number of carbonyl (C=O) groups excluding carboxylic acids is 2. The highest BCUT2D eigenvalue weighted by atomic mass is 16.6. The molecule has 0 saturated heterocycles. The summed E-state index contributed by atoms with van der Waals surface area (Å²) in [5, 5.41) is 3.91. The Morgan fingerprint density at radius 2 is 1.95 bits per heavy atom. The summed E-state index contributed by atoms with van der Waals surface area (Å²) in [6.07, 6.45) is 0.417. The summed E-state index contributed by atoms with van der Waals surface area (Å²) in [5.74, 6) is 0.376. The van der Waals surface area contributed by atoms with Gasteiger partial charge in [0.25, 0.3) is 0 Å². The summed E-state index contributed by atoms with van der Waals surface area (Å²) in [6.45, 7) is 11.0. The second-order valence-corrected chi connectivity index (χ2v) is 6.04. The van der Waals surface area contributed by atoms with Gasteiger partial charge in [0.15, 0.2) is 0 Å². The second kappa shape index (κ2) is 7.41. The molecule has 1 unspecified atom stereocenters. The lowest BCUT2D eigenvalue weighted by molar-refractivity contribution is -0.135. The topological polar surface area (TPSA) is 59.0 Å². The van der Waals surface area contributed by atoms with Crippen LogP contribution >= 0.6 is 0 Å². The fourth-order valence-corrected chi connectivity index (χ4v) is 2.07. The number of hydrogen-bond donors (Lipinski definition) is 0. The third-order valence-corrected chi connectivity index (χ3v) is 3.59. The molecule has 114 valence electrons. The van der Waals surface area contributed by atoms with E-state index in [4.69, 9.17) is 4.84 Å². The SMILES string of the molecule is CC1=NOCC1CN(CCC(=O)C(C)C)C(=O)C(C)C. The minimum absolute atomic E-state index is 0.0177. The minimum Gasteiger partial charge on any atom is -0.395 e. The van der Waals surface area contributed by atoms with E-state index in [-0.39, 0.29) is 29.4 Å². The van der Waals surface area contributed by atoms with Gasteiger partial charge < -0.3 is 9.74 Å². The van der Waals surface area contributed by atoms with Crippen LogP contribution in [0.15, 0.2) is 5.16 Å². The first-order chi connectivity index (χ1) is 9.32. The van der Waals surface area contributed by atoms with Gasteiger partial charge in [0.1, 0.15) is 12.4 Å². The molecule has 5 heteroatoms. The highest BCUT2D eigenvalue weighted by Gasteiger charge is 2.26.